The number of hydroxylamine groups is 5. The van der Waals surface area contributed by atoms with Crippen LogP contribution >= 0.6 is 0 Å². The third-order valence-corrected chi connectivity index (χ3v) is 21.5. The number of nitrogens with one attached hydrogen (secondary N) is 5. The number of aliphatic hydroxyl groups excluding tert-OH is 3. The minimum absolute atomic E-state index is 0.0957. The first-order valence-corrected chi connectivity index (χ1v) is 43.8. The molecule has 0 atom stereocenters. The number of aryl methyl sites for hydroxylation is 10. The molecule has 0 bridgehead atoms. The van der Waals surface area contributed by atoms with Crippen LogP contribution in [0.1, 0.15) is 93.2 Å². The third kappa shape index (κ3) is 28.6. The van der Waals surface area contributed by atoms with Crippen molar-refractivity contribution in [3.63, 3.8) is 0 Å². The highest BCUT2D eigenvalue weighted by Crippen LogP contribution is 2.30. The Labute approximate surface area is 777 Å². The van der Waals surface area contributed by atoms with Gasteiger partial charge in [0, 0.05) is 146 Å². The molecular weight excluding hydrogens is 1710 g/mol. The molecule has 0 unspecified atom stereocenters. The lowest BCUT2D eigenvalue weighted by atomic mass is 10.1. The molecule has 135 heavy (non-hydrogen) atoms. The number of ether oxygens (including phenoxy) is 1. The molecule has 32 heteroatoms. The van der Waals surface area contributed by atoms with E-state index in [1.54, 1.807) is 89.7 Å². The van der Waals surface area contributed by atoms with Gasteiger partial charge in [0.05, 0.1) is 61.7 Å². The molecule has 16 aromatic rings. The molecule has 16 rings (SSSR count). The Hall–Kier alpha value is -15.8. The lowest BCUT2D eigenvalue weighted by Crippen LogP contribution is -2.14. The predicted molar refractivity (Wildman–Crippen MR) is 516 cm³/mol. The highest BCUT2D eigenvalue weighted by atomic mass is 16.5. The number of nitrogens with zero attached hydrogens (tertiary/aromatic N) is 13. The molecule has 692 valence electrons. The zero-order valence-electron chi connectivity index (χ0n) is 74.3. The first kappa shape index (κ1) is 98.3. The summed E-state index contributed by atoms with van der Waals surface area (Å²) in [5.74, 6) is 1.68. The molecule has 0 saturated heterocycles. The van der Waals surface area contributed by atoms with Crippen LogP contribution in [0.4, 0.5) is 0 Å². The summed E-state index contributed by atoms with van der Waals surface area (Å²) in [6.07, 6.45) is 31.3. The fourth-order valence-corrected chi connectivity index (χ4v) is 15.0. The lowest BCUT2D eigenvalue weighted by Gasteiger charge is -2.09. The molecule has 8 aromatic carbocycles. The van der Waals surface area contributed by atoms with Gasteiger partial charge >= 0.3 is 0 Å². The second kappa shape index (κ2) is 51.7. The maximum absolute atomic E-state index is 11.3. The molecule has 0 aliphatic heterocycles. The monoisotopic (exact) mass is 1820 g/mol. The molecule has 32 nitrogen and oxygen atoms in total. The number of hydrogen-bond donors (Lipinski definition) is 13. The SMILES string of the molecule is COCCCn1c(CCc2ccccc2)nc2cc(/C=C/C(=O)NO)ccc21.O=C(/C=C/c1ccc2c(c1)nc(-c1ccccn1)n2CCCO)NO.O=C(/C=C/c1ccc2c(c1)nc(-c1ccncc1)n2CCCO)NO.O=C(/C=C/c1ccc2c(c1)nc(CCc1ccccc1)n2CCCO)NO.O=C(/C=C/c1ccc2c(c1)nc(CCc1ccccc1)n2Cc1cccnc1)NO. The average molecular weight is 1820 g/mol. The normalized spacial score (nSPS) is 11.3. The van der Waals surface area contributed by atoms with Gasteiger partial charge in [-0.2, -0.15) is 0 Å². The molecule has 13 N–H and O–H groups in total. The number of aromatic nitrogens is 13. The van der Waals surface area contributed by atoms with Gasteiger partial charge in [0.2, 0.25) is 0 Å². The van der Waals surface area contributed by atoms with Crippen molar-refractivity contribution < 1.29 is 70.1 Å². The smallest absolute Gasteiger partial charge is 0.267 e. The van der Waals surface area contributed by atoms with Crippen LogP contribution in [0.3, 0.4) is 0 Å². The number of amides is 5. The fourth-order valence-electron chi connectivity index (χ4n) is 15.0. The van der Waals surface area contributed by atoms with Crippen molar-refractivity contribution in [3.05, 3.63) is 353 Å². The number of methoxy groups -OCH3 is 1. The Balaban J connectivity index is 0.000000152. The van der Waals surface area contributed by atoms with E-state index in [2.05, 4.69) is 105 Å². The van der Waals surface area contributed by atoms with Crippen molar-refractivity contribution in [1.29, 1.82) is 0 Å². The van der Waals surface area contributed by atoms with Crippen molar-refractivity contribution in [2.24, 2.45) is 0 Å². The molecule has 5 amide bonds. The van der Waals surface area contributed by atoms with E-state index in [1.807, 2.05) is 168 Å². The van der Waals surface area contributed by atoms with Crippen LogP contribution in [-0.4, -0.2) is 167 Å². The van der Waals surface area contributed by atoms with Crippen molar-refractivity contribution >= 4 is 115 Å². The van der Waals surface area contributed by atoms with Gasteiger partial charge in [-0.25, -0.2) is 52.3 Å². The maximum Gasteiger partial charge on any atom is 0.267 e. The topological polar surface area (TPSA) is 444 Å². The van der Waals surface area contributed by atoms with E-state index in [1.165, 1.54) is 47.1 Å². The van der Waals surface area contributed by atoms with Gasteiger partial charge in [-0.1, -0.05) is 133 Å². The summed E-state index contributed by atoms with van der Waals surface area (Å²) >= 11 is 0. The zero-order valence-corrected chi connectivity index (χ0v) is 74.3. The molecule has 0 fully saturated rings. The van der Waals surface area contributed by atoms with Gasteiger partial charge in [-0.3, -0.25) is 65.0 Å². The second-order valence-corrected chi connectivity index (χ2v) is 30.8. The van der Waals surface area contributed by atoms with Crippen LogP contribution < -0.4 is 27.4 Å². The van der Waals surface area contributed by atoms with E-state index in [9.17, 15) is 39.3 Å². The number of imidazole rings is 5. The number of carbonyl (C=O) groups is 5. The number of fused-ring (bicyclic) bond motifs is 5. The maximum atomic E-state index is 11.3. The summed E-state index contributed by atoms with van der Waals surface area (Å²) in [6.45, 7) is 4.55. The second-order valence-electron chi connectivity index (χ2n) is 30.8. The summed E-state index contributed by atoms with van der Waals surface area (Å²) in [7, 11) is 1.71. The van der Waals surface area contributed by atoms with E-state index in [0.717, 1.165) is 180 Å². The number of benzene rings is 8. The van der Waals surface area contributed by atoms with Gasteiger partial charge in [0.15, 0.2) is 5.82 Å². The zero-order chi connectivity index (χ0) is 94.9. The van der Waals surface area contributed by atoms with Crippen LogP contribution in [0.15, 0.2) is 286 Å². The summed E-state index contributed by atoms with van der Waals surface area (Å²) < 4.78 is 15.9. The lowest BCUT2D eigenvalue weighted by molar-refractivity contribution is -0.124. The highest BCUT2D eigenvalue weighted by molar-refractivity contribution is 5.95. The quantitative estimate of drug-likeness (QED) is 0.00750. The van der Waals surface area contributed by atoms with Crippen molar-refractivity contribution in [3.8, 4) is 22.9 Å². The Bertz CT molecular complexity index is 6570. The molecule has 0 aliphatic carbocycles. The van der Waals surface area contributed by atoms with Gasteiger partial charge < -0.3 is 42.9 Å². The minimum Gasteiger partial charge on any atom is -0.396 e. The number of rotatable bonds is 36. The molecular formula is C103H106N18O14. The molecule has 0 radical (unpaired) electrons. The number of aliphatic hydroxyl groups is 3. The fraction of sp³-hybridized carbons (Fsp3) is 0.194. The van der Waals surface area contributed by atoms with E-state index in [4.69, 9.17) is 50.7 Å². The Morgan fingerprint density at radius 3 is 1.01 bits per heavy atom. The number of hydrogen-bond acceptors (Lipinski definition) is 22. The van der Waals surface area contributed by atoms with Crippen molar-refractivity contribution in [1.82, 2.24) is 90.1 Å². The van der Waals surface area contributed by atoms with Gasteiger partial charge in [0.25, 0.3) is 29.5 Å². The van der Waals surface area contributed by atoms with Crippen LogP contribution in [0, 0.1) is 0 Å². The summed E-state index contributed by atoms with van der Waals surface area (Å²) in [5.41, 5.74) is 27.8. The van der Waals surface area contributed by atoms with E-state index < -0.39 is 29.5 Å². The minimum atomic E-state index is -0.595. The van der Waals surface area contributed by atoms with Gasteiger partial charge in [0.1, 0.15) is 29.0 Å². The molecule has 8 aromatic heterocycles. The van der Waals surface area contributed by atoms with Crippen LogP contribution in [-0.2, 0) is 100.0 Å². The van der Waals surface area contributed by atoms with E-state index >= 15 is 0 Å². The summed E-state index contributed by atoms with van der Waals surface area (Å²) in [5, 5.41) is 70.5. The molecule has 8 heterocycles. The summed E-state index contributed by atoms with van der Waals surface area (Å²) in [4.78, 5) is 92.4. The number of pyridine rings is 3. The van der Waals surface area contributed by atoms with E-state index in [0.29, 0.717) is 52.0 Å². The Morgan fingerprint density at radius 2 is 0.659 bits per heavy atom. The average Bonchev–Trinajstić information content (AvgIpc) is 1.67. The van der Waals surface area contributed by atoms with Gasteiger partial charge in [-0.05, 0) is 216 Å². The van der Waals surface area contributed by atoms with Crippen molar-refractivity contribution in [2.45, 2.75) is 96.9 Å². The van der Waals surface area contributed by atoms with Crippen LogP contribution in [0.2, 0.25) is 0 Å². The molecule has 0 aliphatic rings. The standard InChI is InChI=1S/C24H22N4O2.C22H25N3O3.C21H23N3O3.2C18H18N4O3/c29-24(27-30)13-10-19-8-11-22-21(15-19)26-23(12-9-18-5-2-1-3-6-18)28(22)17-20-7-4-14-25-16-20;1-28-15-5-14-25-20-11-8-18(10-13-22(26)24-27)16-19(20)23-21(25)12-9-17-6-3-2-4-7-17;25-14-4-13-24-19-10-7-17(9-12-21(26)23-27)15-18(19)22-20(24)11-8-16-5-2-1-3-6-16;23-11-1-10-22-16-4-2-13(3-5-17(24)21-25)12-15(16)20-18(22)14-6-8-19-9-7-14;23-11-3-10-22-16-7-5-13(6-8-17(24)21-25)12-15(16)20-18(22)14-4-1-2-9-19-14/h1-8,10-11,13-16,30H,9,12,17H2,(H,27,29);2-4,6-8,10-11,13,16,27H,5,9,12,14-15H2,1H3,(H,24,26);1-3,5-7,9-10,12,15,25,27H,4,8,11,13-14H2,(H,23,26);2-9,12,23,25H,1,10-11H2,(H,21,24);1-2,4-9,12,23,25H,3,10-11H2,(H,21,24)/b2*13-10+;12-9+;5-3+;8-6+. The van der Waals surface area contributed by atoms with Crippen molar-refractivity contribution in [2.75, 3.05) is 33.5 Å². The summed E-state index contributed by atoms with van der Waals surface area (Å²) in [6, 6.07) is 73.4. The Morgan fingerprint density at radius 1 is 0.326 bits per heavy atom. The van der Waals surface area contributed by atoms with E-state index in [-0.39, 0.29) is 19.8 Å². The molecule has 0 spiro atoms. The largest absolute Gasteiger partial charge is 0.396 e. The third-order valence-electron chi connectivity index (χ3n) is 21.5. The Kier molecular flexibility index (Phi) is 37.7. The first-order valence-electron chi connectivity index (χ1n) is 43.8. The van der Waals surface area contributed by atoms with Crippen LogP contribution in [0.5, 0.6) is 0 Å². The number of carbonyl (C=O) groups excluding carboxylic acids is 5. The van der Waals surface area contributed by atoms with Crippen LogP contribution in [0.25, 0.3) is 108 Å². The first-order chi connectivity index (χ1) is 66.1. The predicted octanol–water partition coefficient (Wildman–Crippen LogP) is 13.9. The van der Waals surface area contributed by atoms with Gasteiger partial charge in [-0.15, -0.1) is 0 Å². The molecule has 0 saturated carbocycles. The highest BCUT2D eigenvalue weighted by Gasteiger charge is 2.20.